The third kappa shape index (κ3) is 3.34. The first-order chi connectivity index (χ1) is 15.0. The number of benzene rings is 2. The lowest BCUT2D eigenvalue weighted by Gasteiger charge is -2.40. The number of aromatic nitrogens is 1. The van der Waals surface area contributed by atoms with Gasteiger partial charge >= 0.3 is 0 Å². The maximum atomic E-state index is 14.2. The van der Waals surface area contributed by atoms with Crippen LogP contribution in [0.3, 0.4) is 0 Å². The Morgan fingerprint density at radius 1 is 1.23 bits per heavy atom. The van der Waals surface area contributed by atoms with Crippen LogP contribution in [0.25, 0.3) is 11.3 Å². The van der Waals surface area contributed by atoms with Gasteiger partial charge in [0.15, 0.2) is 17.4 Å². The largest absolute Gasteiger partial charge is 0.365 e. The highest BCUT2D eigenvalue weighted by Crippen LogP contribution is 2.52. The normalized spacial score (nSPS) is 22.8. The molecule has 2 aromatic carbocycles. The first-order valence-corrected chi connectivity index (χ1v) is 11.4. The summed E-state index contributed by atoms with van der Waals surface area (Å²) in [4.78, 5) is 0. The smallest absolute Gasteiger partial charge is 0.181 e. The molecule has 0 radical (unpaired) electrons. The zero-order valence-electron chi connectivity index (χ0n) is 17.2. The van der Waals surface area contributed by atoms with Crippen LogP contribution >= 0.6 is 15.9 Å². The Kier molecular flexibility index (Phi) is 5.44. The van der Waals surface area contributed by atoms with Crippen molar-refractivity contribution < 1.29 is 18.0 Å². The Bertz CT molecular complexity index is 1130. The second-order valence-electron chi connectivity index (χ2n) is 8.23. The average molecular weight is 489 g/mol. The molecule has 162 valence electrons. The van der Waals surface area contributed by atoms with Gasteiger partial charge in [-0.05, 0) is 64.1 Å². The van der Waals surface area contributed by atoms with Gasteiger partial charge in [-0.1, -0.05) is 42.8 Å². The minimum atomic E-state index is -0.852. The number of ether oxygens (including phenoxy) is 1. The summed E-state index contributed by atoms with van der Waals surface area (Å²) >= 11 is 3.73. The summed E-state index contributed by atoms with van der Waals surface area (Å²) in [5.74, 6) is -1.22. The Hall–Kier alpha value is -2.09. The zero-order valence-corrected chi connectivity index (χ0v) is 18.8. The SMILES string of the molecule is CCCc1ccccc1-c1onc(C2CNCC[C@@]23OCc2cc(F)c(F)cc23)c1Br. The molecule has 3 heterocycles. The molecule has 31 heavy (non-hydrogen) atoms. The van der Waals surface area contributed by atoms with E-state index in [0.29, 0.717) is 29.9 Å². The molecule has 1 aromatic heterocycles. The Morgan fingerprint density at radius 2 is 2.03 bits per heavy atom. The molecule has 7 heteroatoms. The summed E-state index contributed by atoms with van der Waals surface area (Å²) in [6, 6.07) is 10.7. The van der Waals surface area contributed by atoms with Gasteiger partial charge in [0.1, 0.15) is 11.3 Å². The van der Waals surface area contributed by atoms with E-state index >= 15 is 0 Å². The second kappa shape index (κ2) is 8.11. The monoisotopic (exact) mass is 488 g/mol. The van der Waals surface area contributed by atoms with Gasteiger partial charge in [-0.25, -0.2) is 8.78 Å². The highest BCUT2D eigenvalue weighted by atomic mass is 79.9. The third-order valence-corrected chi connectivity index (χ3v) is 7.21. The van der Waals surface area contributed by atoms with E-state index in [1.165, 1.54) is 17.7 Å². The van der Waals surface area contributed by atoms with Crippen LogP contribution in [0.1, 0.15) is 48.1 Å². The van der Waals surface area contributed by atoms with Crippen LogP contribution in [0, 0.1) is 11.6 Å². The number of piperidine rings is 1. The van der Waals surface area contributed by atoms with Gasteiger partial charge in [0.2, 0.25) is 0 Å². The van der Waals surface area contributed by atoms with E-state index in [9.17, 15) is 8.78 Å². The van der Waals surface area contributed by atoms with Crippen molar-refractivity contribution >= 4 is 15.9 Å². The van der Waals surface area contributed by atoms with Crippen LogP contribution in [0.15, 0.2) is 45.4 Å². The number of hydrogen-bond donors (Lipinski definition) is 1. The maximum absolute atomic E-state index is 14.2. The van der Waals surface area contributed by atoms with Crippen LogP contribution in [0.5, 0.6) is 0 Å². The van der Waals surface area contributed by atoms with E-state index in [1.54, 1.807) is 0 Å². The topological polar surface area (TPSA) is 47.3 Å². The maximum Gasteiger partial charge on any atom is 0.181 e. The number of nitrogens with one attached hydrogen (secondary N) is 1. The molecule has 4 nitrogen and oxygen atoms in total. The van der Waals surface area contributed by atoms with Crippen LogP contribution < -0.4 is 5.32 Å². The standard InChI is InChI=1S/C24H23BrF2N2O2/c1-2-5-14-6-3-4-7-16(14)23-21(25)22(29-31-23)18-12-28-9-8-24(18)17-11-20(27)19(26)10-15(17)13-30-24/h3-4,6-7,10-11,18,28H,2,5,8-9,12-13H2,1H3/t18?,24-/m0/s1. The van der Waals surface area contributed by atoms with E-state index in [1.807, 2.05) is 18.2 Å². The Balaban J connectivity index is 1.60. The fourth-order valence-electron chi connectivity index (χ4n) is 4.96. The van der Waals surface area contributed by atoms with Crippen LogP contribution in [-0.2, 0) is 23.4 Å². The van der Waals surface area contributed by atoms with Gasteiger partial charge in [0.05, 0.1) is 17.0 Å². The lowest BCUT2D eigenvalue weighted by molar-refractivity contribution is -0.0763. The average Bonchev–Trinajstić information content (AvgIpc) is 3.31. The zero-order chi connectivity index (χ0) is 21.6. The van der Waals surface area contributed by atoms with Crippen molar-refractivity contribution in [2.45, 2.75) is 44.3 Å². The van der Waals surface area contributed by atoms with Crippen molar-refractivity contribution in [3.05, 3.63) is 74.9 Å². The van der Waals surface area contributed by atoms with Crippen molar-refractivity contribution in [2.24, 2.45) is 0 Å². The third-order valence-electron chi connectivity index (χ3n) is 6.44. The molecule has 0 bridgehead atoms. The fourth-order valence-corrected chi connectivity index (χ4v) is 5.60. The van der Waals surface area contributed by atoms with Crippen molar-refractivity contribution in [3.8, 4) is 11.3 Å². The minimum absolute atomic E-state index is 0.211. The van der Waals surface area contributed by atoms with Gasteiger partial charge in [-0.2, -0.15) is 0 Å². The molecular formula is C24H23BrF2N2O2. The number of aryl methyl sites for hydroxylation is 1. The van der Waals surface area contributed by atoms with Crippen molar-refractivity contribution in [3.63, 3.8) is 0 Å². The molecule has 0 amide bonds. The predicted molar refractivity (Wildman–Crippen MR) is 117 cm³/mol. The number of nitrogens with zero attached hydrogens (tertiary/aromatic N) is 1. The number of fused-ring (bicyclic) bond motifs is 2. The van der Waals surface area contributed by atoms with E-state index in [-0.39, 0.29) is 12.5 Å². The summed E-state index contributed by atoms with van der Waals surface area (Å²) in [6.07, 6.45) is 2.60. The lowest BCUT2D eigenvalue weighted by atomic mass is 9.74. The molecule has 2 atom stereocenters. The van der Waals surface area contributed by atoms with E-state index in [2.05, 4.69) is 39.4 Å². The van der Waals surface area contributed by atoms with E-state index < -0.39 is 17.2 Å². The molecule has 5 rings (SSSR count). The highest BCUT2D eigenvalue weighted by molar-refractivity contribution is 9.10. The summed E-state index contributed by atoms with van der Waals surface area (Å²) in [5, 5.41) is 7.84. The summed E-state index contributed by atoms with van der Waals surface area (Å²) in [7, 11) is 0. The highest BCUT2D eigenvalue weighted by Gasteiger charge is 2.51. The quantitative estimate of drug-likeness (QED) is 0.501. The molecular weight excluding hydrogens is 466 g/mol. The number of rotatable bonds is 4. The van der Waals surface area contributed by atoms with Gasteiger partial charge in [0, 0.05) is 12.1 Å². The molecule has 1 fully saturated rings. The molecule has 1 unspecified atom stereocenters. The van der Waals surface area contributed by atoms with Crippen LogP contribution in [0.4, 0.5) is 8.78 Å². The van der Waals surface area contributed by atoms with Gasteiger partial charge in [-0.15, -0.1) is 0 Å². The molecule has 1 N–H and O–H groups in total. The van der Waals surface area contributed by atoms with Gasteiger partial charge in [0.25, 0.3) is 0 Å². The molecule has 1 spiro atoms. The first-order valence-electron chi connectivity index (χ1n) is 10.6. The summed E-state index contributed by atoms with van der Waals surface area (Å²) < 4.78 is 40.9. The van der Waals surface area contributed by atoms with Crippen molar-refractivity contribution in [1.29, 1.82) is 0 Å². The van der Waals surface area contributed by atoms with Crippen LogP contribution in [0.2, 0.25) is 0 Å². The predicted octanol–water partition coefficient (Wildman–Crippen LogP) is 5.84. The summed E-state index contributed by atoms with van der Waals surface area (Å²) in [6.45, 7) is 3.72. The van der Waals surface area contributed by atoms with E-state index in [4.69, 9.17) is 9.26 Å². The van der Waals surface area contributed by atoms with Gasteiger partial charge < -0.3 is 14.6 Å². The molecule has 0 saturated carbocycles. The molecule has 1 saturated heterocycles. The van der Waals surface area contributed by atoms with Gasteiger partial charge in [-0.3, -0.25) is 0 Å². The number of halogens is 3. The number of hydrogen-bond acceptors (Lipinski definition) is 4. The molecule has 3 aromatic rings. The fraction of sp³-hybridized carbons (Fsp3) is 0.375. The lowest BCUT2D eigenvalue weighted by Crippen LogP contribution is -2.46. The molecule has 2 aliphatic rings. The molecule has 0 aliphatic carbocycles. The summed E-state index contributed by atoms with van der Waals surface area (Å²) in [5.41, 5.74) is 3.57. The molecule has 2 aliphatic heterocycles. The Morgan fingerprint density at radius 3 is 2.87 bits per heavy atom. The minimum Gasteiger partial charge on any atom is -0.365 e. The Labute approximate surface area is 188 Å². The van der Waals surface area contributed by atoms with Crippen molar-refractivity contribution in [2.75, 3.05) is 13.1 Å². The van der Waals surface area contributed by atoms with E-state index in [0.717, 1.165) is 35.1 Å². The first kappa shape index (κ1) is 20.8. The van der Waals surface area contributed by atoms with Crippen LogP contribution in [-0.4, -0.2) is 18.2 Å². The second-order valence-corrected chi connectivity index (χ2v) is 9.02. The van der Waals surface area contributed by atoms with Crippen molar-refractivity contribution in [1.82, 2.24) is 10.5 Å².